The normalized spacial score (nSPS) is 17.4. The lowest BCUT2D eigenvalue weighted by Gasteiger charge is -2.32. The highest BCUT2D eigenvalue weighted by Gasteiger charge is 2.35. The number of piperidine rings is 1. The maximum absolute atomic E-state index is 13.5. The zero-order chi connectivity index (χ0) is 22.6. The summed E-state index contributed by atoms with van der Waals surface area (Å²) >= 11 is 0. The number of likely N-dealkylation sites (tertiary alicyclic amines) is 1. The van der Waals surface area contributed by atoms with Crippen molar-refractivity contribution < 1.29 is 22.4 Å². The molecule has 1 atom stereocenters. The first-order valence-corrected chi connectivity index (χ1v) is 10.4. The molecule has 1 amide bonds. The molecule has 1 aliphatic rings. The molecule has 32 heavy (non-hydrogen) atoms. The lowest BCUT2D eigenvalue weighted by atomic mass is 9.94. The van der Waals surface area contributed by atoms with Crippen LogP contribution in [0.15, 0.2) is 40.8 Å². The summed E-state index contributed by atoms with van der Waals surface area (Å²) in [5, 5.41) is 5.10. The number of fused-ring (bicyclic) bond motifs is 2. The van der Waals surface area contributed by atoms with E-state index in [9.17, 15) is 18.0 Å². The van der Waals surface area contributed by atoms with Crippen LogP contribution in [-0.4, -0.2) is 38.5 Å². The second-order valence-corrected chi connectivity index (χ2v) is 8.32. The fourth-order valence-electron chi connectivity index (χ4n) is 4.41. The maximum Gasteiger partial charge on any atom is 0.433 e. The van der Waals surface area contributed by atoms with Crippen LogP contribution in [0.4, 0.5) is 13.2 Å². The highest BCUT2D eigenvalue weighted by molar-refractivity contribution is 5.98. The number of alkyl halides is 3. The van der Waals surface area contributed by atoms with Crippen molar-refractivity contribution >= 4 is 22.5 Å². The number of carbonyl (C=O) groups is 1. The van der Waals surface area contributed by atoms with Crippen molar-refractivity contribution in [3.63, 3.8) is 0 Å². The van der Waals surface area contributed by atoms with Crippen molar-refractivity contribution in [3.8, 4) is 0 Å². The molecule has 1 fully saturated rings. The number of benzene rings is 1. The van der Waals surface area contributed by atoms with Gasteiger partial charge in [-0.25, -0.2) is 9.50 Å². The van der Waals surface area contributed by atoms with Gasteiger partial charge in [-0.05, 0) is 57.0 Å². The molecule has 6 nitrogen and oxygen atoms in total. The van der Waals surface area contributed by atoms with Gasteiger partial charge < -0.3 is 9.32 Å². The van der Waals surface area contributed by atoms with E-state index in [1.165, 1.54) is 6.92 Å². The Labute approximate surface area is 181 Å². The van der Waals surface area contributed by atoms with Gasteiger partial charge >= 0.3 is 6.18 Å². The van der Waals surface area contributed by atoms with Crippen LogP contribution in [0.3, 0.4) is 0 Å². The van der Waals surface area contributed by atoms with E-state index >= 15 is 0 Å². The van der Waals surface area contributed by atoms with Gasteiger partial charge in [0, 0.05) is 41.7 Å². The molecule has 1 aromatic carbocycles. The van der Waals surface area contributed by atoms with Crippen LogP contribution in [0.1, 0.15) is 52.0 Å². The van der Waals surface area contributed by atoms with Crippen molar-refractivity contribution in [1.82, 2.24) is 19.5 Å². The first kappa shape index (κ1) is 20.5. The predicted octanol–water partition coefficient (Wildman–Crippen LogP) is 5.13. The van der Waals surface area contributed by atoms with E-state index in [0.29, 0.717) is 24.3 Å². The van der Waals surface area contributed by atoms with Crippen molar-refractivity contribution in [2.75, 3.05) is 13.1 Å². The number of rotatable bonds is 2. The maximum atomic E-state index is 13.5. The summed E-state index contributed by atoms with van der Waals surface area (Å²) in [6.07, 6.45) is -3.04. The van der Waals surface area contributed by atoms with Gasteiger partial charge in [-0.15, -0.1) is 0 Å². The van der Waals surface area contributed by atoms with Crippen LogP contribution in [-0.2, 0) is 6.18 Å². The molecule has 0 N–H and O–H groups in total. The van der Waals surface area contributed by atoms with Gasteiger partial charge in [0.25, 0.3) is 5.91 Å². The highest BCUT2D eigenvalue weighted by Crippen LogP contribution is 2.32. The molecule has 4 heterocycles. The van der Waals surface area contributed by atoms with Gasteiger partial charge in [0.15, 0.2) is 5.65 Å². The average molecular weight is 442 g/mol. The molecule has 0 spiro atoms. The molecular formula is C23H21F3N4O2. The van der Waals surface area contributed by atoms with Crippen LogP contribution in [0.2, 0.25) is 0 Å². The number of nitrogens with zero attached hydrogens (tertiary/aromatic N) is 4. The first-order chi connectivity index (χ1) is 15.2. The monoisotopic (exact) mass is 442 g/mol. The number of hydrogen-bond acceptors (Lipinski definition) is 4. The summed E-state index contributed by atoms with van der Waals surface area (Å²) < 4.78 is 46.8. The summed E-state index contributed by atoms with van der Waals surface area (Å²) in [6, 6.07) is 9.81. The van der Waals surface area contributed by atoms with E-state index < -0.39 is 11.9 Å². The summed E-state index contributed by atoms with van der Waals surface area (Å²) in [5.41, 5.74) is 1.40. The van der Waals surface area contributed by atoms with Crippen LogP contribution >= 0.6 is 0 Å². The van der Waals surface area contributed by atoms with Crippen LogP contribution < -0.4 is 0 Å². The quantitative estimate of drug-likeness (QED) is 0.432. The van der Waals surface area contributed by atoms with Crippen molar-refractivity contribution in [2.45, 2.75) is 38.8 Å². The summed E-state index contributed by atoms with van der Waals surface area (Å²) in [4.78, 5) is 19.1. The minimum Gasteiger partial charge on any atom is -0.461 e. The van der Waals surface area contributed by atoms with Crippen LogP contribution in [0.25, 0.3) is 16.6 Å². The molecule has 3 aromatic heterocycles. The smallest absolute Gasteiger partial charge is 0.433 e. The predicted molar refractivity (Wildman–Crippen MR) is 112 cm³/mol. The molecule has 1 unspecified atom stereocenters. The Balaban J connectivity index is 1.43. The number of halogens is 3. The van der Waals surface area contributed by atoms with Gasteiger partial charge in [0.2, 0.25) is 0 Å². The van der Waals surface area contributed by atoms with Gasteiger partial charge in [-0.2, -0.15) is 18.3 Å². The summed E-state index contributed by atoms with van der Waals surface area (Å²) in [7, 11) is 0. The average Bonchev–Trinajstić information content (AvgIpc) is 3.33. The Hall–Kier alpha value is -3.36. The molecule has 0 radical (unpaired) electrons. The molecule has 9 heteroatoms. The van der Waals surface area contributed by atoms with Gasteiger partial charge in [-0.3, -0.25) is 4.79 Å². The molecular weight excluding hydrogens is 421 g/mol. The molecule has 5 rings (SSSR count). The first-order valence-electron chi connectivity index (χ1n) is 10.4. The molecule has 1 saturated heterocycles. The van der Waals surface area contributed by atoms with E-state index in [-0.39, 0.29) is 23.2 Å². The fourth-order valence-corrected chi connectivity index (χ4v) is 4.41. The molecule has 1 aliphatic heterocycles. The van der Waals surface area contributed by atoms with Crippen LogP contribution in [0.5, 0.6) is 0 Å². The van der Waals surface area contributed by atoms with E-state index in [1.54, 1.807) is 23.1 Å². The molecule has 0 aliphatic carbocycles. The Morgan fingerprint density at radius 2 is 1.97 bits per heavy atom. The fraction of sp³-hybridized carbons (Fsp3) is 0.348. The molecule has 166 valence electrons. The standard InChI is InChI=1S/C23H21F3N4O2/c1-13-8-20(23(24,25)26)30-21(27-13)11-18(28-30)16-4-3-7-29(12-16)22(31)15-5-6-19-17(10-15)9-14(2)32-19/h5-6,8-11,16H,3-4,7,12H2,1-2H3. The number of hydrogen-bond donors (Lipinski definition) is 0. The lowest BCUT2D eigenvalue weighted by molar-refractivity contribution is -0.142. The molecule has 4 aromatic rings. The highest BCUT2D eigenvalue weighted by atomic mass is 19.4. The summed E-state index contributed by atoms with van der Waals surface area (Å²) in [6.45, 7) is 4.37. The number of furan rings is 1. The van der Waals surface area contributed by atoms with Gasteiger partial charge in [-0.1, -0.05) is 0 Å². The van der Waals surface area contributed by atoms with E-state index in [0.717, 1.165) is 40.2 Å². The Morgan fingerprint density at radius 1 is 1.16 bits per heavy atom. The minimum atomic E-state index is -4.53. The van der Waals surface area contributed by atoms with Crippen molar-refractivity contribution in [2.24, 2.45) is 0 Å². The Morgan fingerprint density at radius 3 is 2.75 bits per heavy atom. The minimum absolute atomic E-state index is 0.107. The second-order valence-electron chi connectivity index (χ2n) is 8.32. The van der Waals surface area contributed by atoms with Gasteiger partial charge in [0.1, 0.15) is 17.0 Å². The van der Waals surface area contributed by atoms with Crippen molar-refractivity contribution in [1.29, 1.82) is 0 Å². The third-order valence-corrected chi connectivity index (χ3v) is 5.88. The van der Waals surface area contributed by atoms with E-state index in [1.807, 2.05) is 19.1 Å². The van der Waals surface area contributed by atoms with Gasteiger partial charge in [0.05, 0.1) is 5.69 Å². The SMILES string of the molecule is Cc1cc(C(F)(F)F)n2nc(C3CCCN(C(=O)c4ccc5oc(C)cc5c4)C3)cc2n1. The molecule has 0 bridgehead atoms. The Bertz CT molecular complexity index is 1340. The van der Waals surface area contributed by atoms with Crippen LogP contribution in [0, 0.1) is 13.8 Å². The number of amides is 1. The third-order valence-electron chi connectivity index (χ3n) is 5.88. The zero-order valence-corrected chi connectivity index (χ0v) is 17.6. The zero-order valence-electron chi connectivity index (χ0n) is 17.6. The third kappa shape index (κ3) is 3.61. The number of aryl methyl sites for hydroxylation is 2. The molecule has 0 saturated carbocycles. The second kappa shape index (κ2) is 7.36. The summed E-state index contributed by atoms with van der Waals surface area (Å²) in [5.74, 6) is 0.511. The largest absolute Gasteiger partial charge is 0.461 e. The lowest BCUT2D eigenvalue weighted by Crippen LogP contribution is -2.39. The number of carbonyl (C=O) groups excluding carboxylic acids is 1. The topological polar surface area (TPSA) is 63.6 Å². The van der Waals surface area contributed by atoms with E-state index in [4.69, 9.17) is 4.42 Å². The van der Waals surface area contributed by atoms with Crippen molar-refractivity contribution in [3.05, 3.63) is 64.8 Å². The van der Waals surface area contributed by atoms with E-state index in [2.05, 4.69) is 10.1 Å². The Kier molecular flexibility index (Phi) is 4.72. The number of aromatic nitrogens is 3.